The monoisotopic (exact) mass is 243 g/mol. The van der Waals surface area contributed by atoms with E-state index >= 15 is 0 Å². The van der Waals surface area contributed by atoms with Crippen LogP contribution in [0.1, 0.15) is 5.56 Å². The van der Waals surface area contributed by atoms with Crippen molar-refractivity contribution in [3.63, 3.8) is 0 Å². The molecule has 0 bridgehead atoms. The normalized spacial score (nSPS) is 11.2. The lowest BCUT2D eigenvalue weighted by Gasteiger charge is -2.00. The average molecular weight is 243 g/mol. The minimum absolute atomic E-state index is 0.296. The van der Waals surface area contributed by atoms with Gasteiger partial charge in [-0.05, 0) is 19.1 Å². The van der Waals surface area contributed by atoms with Gasteiger partial charge in [0.15, 0.2) is 5.75 Å². The molecule has 0 atom stereocenters. The summed E-state index contributed by atoms with van der Waals surface area (Å²) in [4.78, 5) is 10.6. The molecule has 1 aromatic heterocycles. The highest BCUT2D eigenvalue weighted by atomic mass is 16.6. The van der Waals surface area contributed by atoms with E-state index < -0.39 is 4.92 Å². The van der Waals surface area contributed by atoms with Crippen molar-refractivity contribution in [1.29, 1.82) is 0 Å². The molecule has 0 aliphatic rings. The molecule has 0 amide bonds. The maximum atomic E-state index is 11.1. The van der Waals surface area contributed by atoms with E-state index in [0.717, 1.165) is 0 Å². The lowest BCUT2D eigenvalue weighted by molar-refractivity contribution is -0.384. The Kier molecular flexibility index (Phi) is 2.04. The van der Waals surface area contributed by atoms with Crippen LogP contribution in [-0.2, 0) is 0 Å². The van der Waals surface area contributed by atoms with Gasteiger partial charge in [-0.3, -0.25) is 10.1 Å². The van der Waals surface area contributed by atoms with Crippen LogP contribution in [0, 0.1) is 17.0 Å². The second-order valence-electron chi connectivity index (χ2n) is 4.12. The SMILES string of the molecule is Cc1cc2oc3ccccc3c2c([N+](=O)[O-])c1O. The van der Waals surface area contributed by atoms with E-state index in [1.807, 2.05) is 0 Å². The number of rotatable bonds is 1. The van der Waals surface area contributed by atoms with Crippen LogP contribution < -0.4 is 0 Å². The highest BCUT2D eigenvalue weighted by molar-refractivity contribution is 6.11. The third-order valence-electron chi connectivity index (χ3n) is 2.99. The first-order valence-corrected chi connectivity index (χ1v) is 5.38. The standard InChI is InChI=1S/C13H9NO4/c1-7-6-10-11(12(13(7)15)14(16)17)8-4-2-3-5-9(8)18-10/h2-6,15H,1H3. The molecule has 0 spiro atoms. The number of furan rings is 1. The summed E-state index contributed by atoms with van der Waals surface area (Å²) in [6.45, 7) is 1.61. The highest BCUT2D eigenvalue weighted by Gasteiger charge is 2.25. The zero-order chi connectivity index (χ0) is 12.9. The maximum Gasteiger partial charge on any atom is 0.322 e. The third kappa shape index (κ3) is 1.27. The van der Waals surface area contributed by atoms with Crippen molar-refractivity contribution in [3.05, 3.63) is 46.0 Å². The summed E-state index contributed by atoms with van der Waals surface area (Å²) in [5, 5.41) is 22.0. The van der Waals surface area contributed by atoms with Crippen molar-refractivity contribution >= 4 is 27.6 Å². The quantitative estimate of drug-likeness (QED) is 0.524. The molecule has 0 saturated heterocycles. The summed E-state index contributed by atoms with van der Waals surface area (Å²) in [6, 6.07) is 8.66. The van der Waals surface area contributed by atoms with Crippen molar-refractivity contribution in [2.24, 2.45) is 0 Å². The molecule has 0 aliphatic heterocycles. The van der Waals surface area contributed by atoms with Crippen molar-refractivity contribution in [1.82, 2.24) is 0 Å². The molecule has 90 valence electrons. The van der Waals surface area contributed by atoms with E-state index in [0.29, 0.717) is 27.5 Å². The van der Waals surface area contributed by atoms with Gasteiger partial charge in [-0.15, -0.1) is 0 Å². The molecule has 3 rings (SSSR count). The molecule has 0 saturated carbocycles. The van der Waals surface area contributed by atoms with Crippen LogP contribution >= 0.6 is 0 Å². The molecule has 2 aromatic carbocycles. The van der Waals surface area contributed by atoms with Crippen LogP contribution in [0.5, 0.6) is 5.75 Å². The van der Waals surface area contributed by atoms with E-state index in [-0.39, 0.29) is 11.4 Å². The predicted octanol–water partition coefficient (Wildman–Crippen LogP) is 3.51. The molecular weight excluding hydrogens is 234 g/mol. The summed E-state index contributed by atoms with van der Waals surface area (Å²) < 4.78 is 5.56. The third-order valence-corrected chi connectivity index (χ3v) is 2.99. The molecular formula is C13H9NO4. The van der Waals surface area contributed by atoms with E-state index in [9.17, 15) is 15.2 Å². The Morgan fingerprint density at radius 3 is 2.72 bits per heavy atom. The Bertz CT molecular complexity index is 788. The number of para-hydroxylation sites is 1. The van der Waals surface area contributed by atoms with Gasteiger partial charge < -0.3 is 9.52 Å². The minimum atomic E-state index is -0.577. The Balaban J connectivity index is 2.62. The molecule has 1 heterocycles. The number of hydrogen-bond donors (Lipinski definition) is 1. The van der Waals surface area contributed by atoms with Gasteiger partial charge in [0.25, 0.3) is 0 Å². The molecule has 5 nitrogen and oxygen atoms in total. The van der Waals surface area contributed by atoms with Gasteiger partial charge in [0, 0.05) is 10.9 Å². The van der Waals surface area contributed by atoms with Gasteiger partial charge in [0.05, 0.1) is 4.92 Å². The predicted molar refractivity (Wildman–Crippen MR) is 66.8 cm³/mol. The van der Waals surface area contributed by atoms with Gasteiger partial charge in [-0.25, -0.2) is 0 Å². The first-order chi connectivity index (χ1) is 8.59. The summed E-state index contributed by atoms with van der Waals surface area (Å²) in [5.74, 6) is -0.306. The van der Waals surface area contributed by atoms with E-state index in [1.165, 1.54) is 0 Å². The fourth-order valence-corrected chi connectivity index (χ4v) is 2.16. The Hall–Kier alpha value is -2.56. The number of benzene rings is 2. The summed E-state index contributed by atoms with van der Waals surface area (Å²) in [6.07, 6.45) is 0. The van der Waals surface area contributed by atoms with Crippen LogP contribution in [-0.4, -0.2) is 10.0 Å². The number of aryl methyl sites for hydroxylation is 1. The van der Waals surface area contributed by atoms with Crippen LogP contribution in [0.2, 0.25) is 0 Å². The summed E-state index contributed by atoms with van der Waals surface area (Å²) in [7, 11) is 0. The fourth-order valence-electron chi connectivity index (χ4n) is 2.16. The van der Waals surface area contributed by atoms with Gasteiger partial charge in [0.1, 0.15) is 16.6 Å². The number of nitrogens with zero attached hydrogens (tertiary/aromatic N) is 1. The smallest absolute Gasteiger partial charge is 0.322 e. The molecule has 1 N–H and O–H groups in total. The summed E-state index contributed by atoms with van der Waals surface area (Å²) in [5.41, 5.74) is 1.11. The second kappa shape index (κ2) is 3.46. The zero-order valence-corrected chi connectivity index (χ0v) is 9.51. The van der Waals surface area contributed by atoms with Crippen LogP contribution in [0.25, 0.3) is 21.9 Å². The fraction of sp³-hybridized carbons (Fsp3) is 0.0769. The second-order valence-corrected chi connectivity index (χ2v) is 4.12. The number of fused-ring (bicyclic) bond motifs is 3. The van der Waals surface area contributed by atoms with Gasteiger partial charge in [-0.1, -0.05) is 18.2 Å². The van der Waals surface area contributed by atoms with Crippen molar-refractivity contribution in [2.75, 3.05) is 0 Å². The Morgan fingerprint density at radius 2 is 2.00 bits per heavy atom. The molecule has 3 aromatic rings. The number of hydrogen-bond acceptors (Lipinski definition) is 4. The zero-order valence-electron chi connectivity index (χ0n) is 9.51. The number of aromatic hydroxyl groups is 1. The molecule has 0 aliphatic carbocycles. The molecule has 0 fully saturated rings. The molecule has 0 unspecified atom stereocenters. The molecule has 5 heteroatoms. The Labute approximate surface area is 101 Å². The molecule has 0 radical (unpaired) electrons. The highest BCUT2D eigenvalue weighted by Crippen LogP contribution is 2.42. The summed E-state index contributed by atoms with van der Waals surface area (Å²) >= 11 is 0. The lowest BCUT2D eigenvalue weighted by atomic mass is 10.1. The van der Waals surface area contributed by atoms with Gasteiger partial charge in [-0.2, -0.15) is 0 Å². The number of phenolic OH excluding ortho intramolecular Hbond substituents is 1. The Morgan fingerprint density at radius 1 is 1.28 bits per heavy atom. The van der Waals surface area contributed by atoms with Crippen LogP contribution in [0.15, 0.2) is 34.7 Å². The van der Waals surface area contributed by atoms with Gasteiger partial charge in [0.2, 0.25) is 0 Å². The van der Waals surface area contributed by atoms with Crippen molar-refractivity contribution in [2.45, 2.75) is 6.92 Å². The lowest BCUT2D eigenvalue weighted by Crippen LogP contribution is -1.91. The number of nitro groups is 1. The maximum absolute atomic E-state index is 11.1. The van der Waals surface area contributed by atoms with E-state index in [2.05, 4.69) is 0 Å². The first kappa shape index (κ1) is 10.6. The largest absolute Gasteiger partial charge is 0.502 e. The number of phenols is 1. The van der Waals surface area contributed by atoms with Gasteiger partial charge >= 0.3 is 5.69 Å². The van der Waals surface area contributed by atoms with E-state index in [1.54, 1.807) is 37.3 Å². The topological polar surface area (TPSA) is 76.5 Å². The van der Waals surface area contributed by atoms with Crippen molar-refractivity contribution in [3.8, 4) is 5.75 Å². The van der Waals surface area contributed by atoms with Crippen LogP contribution in [0.4, 0.5) is 5.69 Å². The minimum Gasteiger partial charge on any atom is -0.502 e. The van der Waals surface area contributed by atoms with Crippen molar-refractivity contribution < 1.29 is 14.4 Å². The molecule has 18 heavy (non-hydrogen) atoms. The number of nitro benzene ring substituents is 1. The van der Waals surface area contributed by atoms with Crippen LogP contribution in [0.3, 0.4) is 0 Å². The average Bonchev–Trinajstić information content (AvgIpc) is 2.68. The van der Waals surface area contributed by atoms with E-state index in [4.69, 9.17) is 4.42 Å². The first-order valence-electron chi connectivity index (χ1n) is 5.38.